The van der Waals surface area contributed by atoms with Gasteiger partial charge in [-0.2, -0.15) is 14.0 Å². The zero-order chi connectivity index (χ0) is 9.26. The van der Waals surface area contributed by atoms with Crippen molar-refractivity contribution in [3.63, 3.8) is 0 Å². The van der Waals surface area contributed by atoms with Crippen LogP contribution in [0.25, 0.3) is 15.9 Å². The first-order valence-electron chi connectivity index (χ1n) is 3.39. The predicted octanol–water partition coefficient (Wildman–Crippen LogP) is 2.11. The molecule has 0 saturated carbocycles. The van der Waals surface area contributed by atoms with Gasteiger partial charge >= 0.3 is 0 Å². The van der Waals surface area contributed by atoms with Crippen molar-refractivity contribution in [1.82, 2.24) is 8.75 Å². The van der Waals surface area contributed by atoms with Gasteiger partial charge in [0.25, 0.3) is 0 Å². The van der Waals surface area contributed by atoms with E-state index in [4.69, 9.17) is 11.8 Å². The van der Waals surface area contributed by atoms with Gasteiger partial charge in [0.1, 0.15) is 5.52 Å². The van der Waals surface area contributed by atoms with Crippen molar-refractivity contribution in [2.45, 2.75) is 0 Å². The van der Waals surface area contributed by atoms with E-state index in [2.05, 4.69) is 13.6 Å². The largest absolute Gasteiger partial charge is 0.237 e. The van der Waals surface area contributed by atoms with Crippen molar-refractivity contribution in [2.24, 2.45) is 0 Å². The van der Waals surface area contributed by atoms with Gasteiger partial charge in [-0.05, 0) is 12.1 Å². The minimum absolute atomic E-state index is 0.336. The summed E-state index contributed by atoms with van der Waals surface area (Å²) in [5.74, 6) is 0. The Balaban J connectivity index is 2.85. The van der Waals surface area contributed by atoms with Gasteiger partial charge in [-0.3, -0.25) is 0 Å². The molecule has 0 spiro atoms. The van der Waals surface area contributed by atoms with Crippen LogP contribution in [0.5, 0.6) is 0 Å². The second kappa shape index (κ2) is 2.81. The second-order valence-electron chi connectivity index (χ2n) is 2.35. The lowest BCUT2D eigenvalue weighted by molar-refractivity contribution is 1.49. The Bertz CT molecular complexity index is 495. The van der Waals surface area contributed by atoms with Crippen molar-refractivity contribution in [3.05, 3.63) is 29.1 Å². The molecular weight excluding hydrogens is 184 g/mol. The molecule has 0 atom stereocenters. The van der Waals surface area contributed by atoms with E-state index in [1.807, 2.05) is 6.07 Å². The Morgan fingerprint density at radius 1 is 1.38 bits per heavy atom. The highest BCUT2D eigenvalue weighted by Gasteiger charge is 2.06. The molecule has 0 unspecified atom stereocenters. The van der Waals surface area contributed by atoms with Crippen LogP contribution in [0.3, 0.4) is 0 Å². The maximum absolute atomic E-state index is 8.71. The molecule has 13 heavy (non-hydrogen) atoms. The van der Waals surface area contributed by atoms with E-state index in [1.165, 1.54) is 0 Å². The minimum Gasteiger partial charge on any atom is -0.237 e. The van der Waals surface area contributed by atoms with E-state index < -0.39 is 0 Å². The summed E-state index contributed by atoms with van der Waals surface area (Å²) in [5.41, 5.74) is 2.04. The Hall–Kier alpha value is -1.98. The first-order chi connectivity index (χ1) is 6.35. The van der Waals surface area contributed by atoms with E-state index in [-0.39, 0.29) is 0 Å². The Morgan fingerprint density at radius 2 is 2.08 bits per heavy atom. The molecule has 0 radical (unpaired) electrons. The van der Waals surface area contributed by atoms with Gasteiger partial charge in [-0.15, -0.1) is 0 Å². The van der Waals surface area contributed by atoms with Crippen molar-refractivity contribution in [1.29, 1.82) is 5.26 Å². The third kappa shape index (κ3) is 1.12. The van der Waals surface area contributed by atoms with Crippen LogP contribution in [0.2, 0.25) is 0 Å². The molecule has 0 saturated heterocycles. The number of hydrogen-bond acceptors (Lipinski definition) is 4. The van der Waals surface area contributed by atoms with Gasteiger partial charge < -0.3 is 0 Å². The summed E-state index contributed by atoms with van der Waals surface area (Å²) >= 11 is 1.08. The molecule has 0 aliphatic rings. The SMILES string of the molecule is [C-]#[N+]c1cc2nsnc2cc1C#N. The van der Waals surface area contributed by atoms with Crippen LogP contribution in [0.15, 0.2) is 12.1 Å². The molecule has 0 aliphatic heterocycles. The fourth-order valence-electron chi connectivity index (χ4n) is 1.00. The molecule has 0 fully saturated rings. The van der Waals surface area contributed by atoms with Crippen molar-refractivity contribution >= 4 is 28.4 Å². The lowest BCUT2D eigenvalue weighted by Crippen LogP contribution is -1.76. The lowest BCUT2D eigenvalue weighted by atomic mass is 10.2. The molecule has 1 aromatic carbocycles. The Morgan fingerprint density at radius 3 is 2.69 bits per heavy atom. The van der Waals surface area contributed by atoms with Gasteiger partial charge in [0.15, 0.2) is 0 Å². The second-order valence-corrected chi connectivity index (χ2v) is 2.87. The number of benzene rings is 1. The van der Waals surface area contributed by atoms with Crippen LogP contribution < -0.4 is 0 Å². The molecule has 0 amide bonds. The number of aromatic nitrogens is 2. The van der Waals surface area contributed by atoms with Gasteiger partial charge in [0.2, 0.25) is 5.69 Å². The van der Waals surface area contributed by atoms with Crippen LogP contribution in [0.4, 0.5) is 5.69 Å². The summed E-state index contributed by atoms with van der Waals surface area (Å²) in [5, 5.41) is 8.71. The standard InChI is InChI=1S/C8H2N4S/c1-10-6-3-8-7(11-13-12-8)2-5(6)4-9/h2-3H. The Labute approximate surface area is 78.2 Å². The van der Waals surface area contributed by atoms with E-state index in [1.54, 1.807) is 12.1 Å². The number of fused-ring (bicyclic) bond motifs is 1. The summed E-state index contributed by atoms with van der Waals surface area (Å²) in [7, 11) is 0. The average molecular weight is 186 g/mol. The first kappa shape index (κ1) is 7.66. The first-order valence-corrected chi connectivity index (χ1v) is 4.12. The molecule has 5 heteroatoms. The van der Waals surface area contributed by atoms with Crippen molar-refractivity contribution < 1.29 is 0 Å². The van der Waals surface area contributed by atoms with Crippen LogP contribution in [0, 0.1) is 17.9 Å². The van der Waals surface area contributed by atoms with E-state index in [9.17, 15) is 0 Å². The number of nitrogens with zero attached hydrogens (tertiary/aromatic N) is 4. The van der Waals surface area contributed by atoms with Crippen LogP contribution in [-0.4, -0.2) is 8.75 Å². The maximum atomic E-state index is 8.71. The minimum atomic E-state index is 0.336. The monoisotopic (exact) mass is 186 g/mol. The van der Waals surface area contributed by atoms with Gasteiger partial charge in [0, 0.05) is 0 Å². The Kier molecular flexibility index (Phi) is 1.66. The van der Waals surface area contributed by atoms with Crippen molar-refractivity contribution in [2.75, 3.05) is 0 Å². The summed E-state index contributed by atoms with van der Waals surface area (Å²) < 4.78 is 7.96. The molecule has 4 nitrogen and oxygen atoms in total. The van der Waals surface area contributed by atoms with E-state index >= 15 is 0 Å². The third-order valence-electron chi connectivity index (χ3n) is 1.61. The molecule has 1 aromatic heterocycles. The zero-order valence-electron chi connectivity index (χ0n) is 6.35. The number of rotatable bonds is 0. The quantitative estimate of drug-likeness (QED) is 0.592. The summed E-state index contributed by atoms with van der Waals surface area (Å²) in [6.07, 6.45) is 0. The van der Waals surface area contributed by atoms with Crippen LogP contribution in [0.1, 0.15) is 5.56 Å². The number of hydrogen-bond donors (Lipinski definition) is 0. The molecule has 0 N–H and O–H groups in total. The summed E-state index contributed by atoms with van der Waals surface area (Å²) in [6.45, 7) is 6.85. The molecule has 2 aromatic rings. The normalized spacial score (nSPS) is 9.38. The topological polar surface area (TPSA) is 53.9 Å². The summed E-state index contributed by atoms with van der Waals surface area (Å²) in [4.78, 5) is 3.24. The smallest absolute Gasteiger partial charge is 0.206 e. The van der Waals surface area contributed by atoms with Crippen LogP contribution >= 0.6 is 11.7 Å². The molecule has 0 bridgehead atoms. The maximum Gasteiger partial charge on any atom is 0.206 e. The molecule has 0 aliphatic carbocycles. The zero-order valence-corrected chi connectivity index (χ0v) is 7.17. The molecule has 1 heterocycles. The molecular formula is C8H2N4S. The number of nitriles is 1. The highest BCUT2D eigenvalue weighted by atomic mass is 32.1. The third-order valence-corrected chi connectivity index (χ3v) is 2.17. The predicted molar refractivity (Wildman–Crippen MR) is 48.4 cm³/mol. The van der Waals surface area contributed by atoms with Crippen molar-refractivity contribution in [3.8, 4) is 6.07 Å². The van der Waals surface area contributed by atoms with E-state index in [0.717, 1.165) is 11.7 Å². The van der Waals surface area contributed by atoms with E-state index in [0.29, 0.717) is 22.3 Å². The van der Waals surface area contributed by atoms with Gasteiger partial charge in [-0.1, -0.05) is 0 Å². The fourth-order valence-corrected chi connectivity index (χ4v) is 1.51. The van der Waals surface area contributed by atoms with Gasteiger partial charge in [-0.25, -0.2) is 4.85 Å². The fraction of sp³-hybridized carbons (Fsp3) is 0. The van der Waals surface area contributed by atoms with Crippen LogP contribution in [-0.2, 0) is 0 Å². The molecule has 60 valence electrons. The highest BCUT2D eigenvalue weighted by molar-refractivity contribution is 7.00. The van der Waals surface area contributed by atoms with Gasteiger partial charge in [0.05, 0.1) is 35.4 Å². The summed E-state index contributed by atoms with van der Waals surface area (Å²) in [6, 6.07) is 5.13. The lowest BCUT2D eigenvalue weighted by Gasteiger charge is -1.91. The molecule has 2 rings (SSSR count). The highest BCUT2D eigenvalue weighted by Crippen LogP contribution is 2.24. The average Bonchev–Trinajstić information content (AvgIpc) is 2.62.